The third-order valence-corrected chi connectivity index (χ3v) is 3.26. The third-order valence-electron chi connectivity index (χ3n) is 3.08. The fourth-order valence-electron chi connectivity index (χ4n) is 2.18. The standard InChI is InChI=1S/C15H20ClNO3/c1-3-6-11-9-13(18)15(14(19)10-11)12(4-2)17-20-8-5-7-16/h3,5,7,11,18H,1,4,6,8-10H2,2H3/b7-5-,17-12-. The van der Waals surface area contributed by atoms with E-state index in [9.17, 15) is 9.90 Å². The Morgan fingerprint density at radius 1 is 1.60 bits per heavy atom. The molecule has 0 amide bonds. The van der Waals surface area contributed by atoms with E-state index >= 15 is 0 Å². The summed E-state index contributed by atoms with van der Waals surface area (Å²) in [6.45, 7) is 5.76. The van der Waals surface area contributed by atoms with E-state index in [4.69, 9.17) is 16.4 Å². The van der Waals surface area contributed by atoms with Crippen molar-refractivity contribution in [3.05, 3.63) is 35.6 Å². The van der Waals surface area contributed by atoms with E-state index < -0.39 is 0 Å². The van der Waals surface area contributed by atoms with E-state index in [-0.39, 0.29) is 24.1 Å². The number of hydrogen-bond acceptors (Lipinski definition) is 4. The molecule has 0 fully saturated rings. The average Bonchev–Trinajstić information content (AvgIpc) is 2.41. The Kier molecular flexibility index (Phi) is 7.09. The molecule has 4 nitrogen and oxygen atoms in total. The zero-order chi connectivity index (χ0) is 15.0. The Balaban J connectivity index is 2.87. The van der Waals surface area contributed by atoms with Crippen molar-refractivity contribution < 1.29 is 14.7 Å². The maximum absolute atomic E-state index is 12.2. The first kappa shape index (κ1) is 16.5. The van der Waals surface area contributed by atoms with Gasteiger partial charge >= 0.3 is 0 Å². The Labute approximate surface area is 124 Å². The minimum Gasteiger partial charge on any atom is -0.511 e. The molecule has 0 saturated carbocycles. The summed E-state index contributed by atoms with van der Waals surface area (Å²) in [5.41, 5.74) is 2.12. The van der Waals surface area contributed by atoms with Crippen molar-refractivity contribution >= 4 is 23.1 Å². The highest BCUT2D eigenvalue weighted by atomic mass is 35.5. The van der Waals surface area contributed by atoms with Crippen LogP contribution in [0.2, 0.25) is 0 Å². The van der Waals surface area contributed by atoms with Crippen LogP contribution in [0.3, 0.4) is 0 Å². The first-order valence-electron chi connectivity index (χ1n) is 6.64. The fraction of sp³-hybridized carbons (Fsp3) is 0.467. The van der Waals surface area contributed by atoms with Crippen LogP contribution >= 0.6 is 11.6 Å². The molecule has 0 aromatic heterocycles. The second kappa shape index (κ2) is 8.59. The number of hydrogen-bond donors (Lipinski definition) is 1. The third kappa shape index (κ3) is 4.53. The summed E-state index contributed by atoms with van der Waals surface area (Å²) in [6.07, 6.45) is 5.49. The van der Waals surface area contributed by atoms with Crippen LogP contribution in [0.1, 0.15) is 32.6 Å². The number of aliphatic hydroxyl groups excluding tert-OH is 1. The van der Waals surface area contributed by atoms with Crippen LogP contribution in [0, 0.1) is 5.92 Å². The molecular weight excluding hydrogens is 278 g/mol. The Hall–Kier alpha value is -1.55. The molecule has 1 atom stereocenters. The monoisotopic (exact) mass is 297 g/mol. The van der Waals surface area contributed by atoms with Gasteiger partial charge in [0.2, 0.25) is 0 Å². The summed E-state index contributed by atoms with van der Waals surface area (Å²) in [5.74, 6) is 0.143. The van der Waals surface area contributed by atoms with Crippen LogP contribution in [0.15, 0.2) is 40.8 Å². The number of ketones is 1. The van der Waals surface area contributed by atoms with Crippen molar-refractivity contribution in [3.63, 3.8) is 0 Å². The van der Waals surface area contributed by atoms with Crippen LogP contribution < -0.4 is 0 Å². The van der Waals surface area contributed by atoms with Gasteiger partial charge in [0.25, 0.3) is 0 Å². The molecule has 5 heteroatoms. The molecule has 0 radical (unpaired) electrons. The topological polar surface area (TPSA) is 58.9 Å². The van der Waals surface area contributed by atoms with Gasteiger partial charge in [-0.3, -0.25) is 4.79 Å². The molecule has 1 unspecified atom stereocenters. The lowest BCUT2D eigenvalue weighted by molar-refractivity contribution is -0.116. The van der Waals surface area contributed by atoms with Crippen molar-refractivity contribution in [2.24, 2.45) is 11.1 Å². The summed E-state index contributed by atoms with van der Waals surface area (Å²) in [5, 5.41) is 14.0. The van der Waals surface area contributed by atoms with E-state index in [1.807, 2.05) is 6.92 Å². The van der Waals surface area contributed by atoms with Crippen molar-refractivity contribution in [1.29, 1.82) is 0 Å². The van der Waals surface area contributed by atoms with Gasteiger partial charge in [-0.05, 0) is 24.8 Å². The fourth-order valence-corrected chi connectivity index (χ4v) is 2.26. The van der Waals surface area contributed by atoms with Crippen LogP contribution in [0.25, 0.3) is 0 Å². The van der Waals surface area contributed by atoms with Crippen LogP contribution in [-0.4, -0.2) is 23.2 Å². The largest absolute Gasteiger partial charge is 0.511 e. The molecule has 1 N–H and O–H groups in total. The van der Waals surface area contributed by atoms with Crippen LogP contribution in [-0.2, 0) is 9.63 Å². The Morgan fingerprint density at radius 2 is 2.35 bits per heavy atom. The van der Waals surface area contributed by atoms with Gasteiger partial charge < -0.3 is 9.94 Å². The highest BCUT2D eigenvalue weighted by Gasteiger charge is 2.29. The number of oxime groups is 1. The van der Waals surface area contributed by atoms with Gasteiger partial charge in [-0.2, -0.15) is 0 Å². The number of aliphatic hydroxyl groups is 1. The zero-order valence-corrected chi connectivity index (χ0v) is 12.4. The molecular formula is C15H20ClNO3. The second-order valence-corrected chi connectivity index (χ2v) is 4.84. The van der Waals surface area contributed by atoms with Crippen molar-refractivity contribution in [3.8, 4) is 0 Å². The summed E-state index contributed by atoms with van der Waals surface area (Å²) in [4.78, 5) is 17.2. The quantitative estimate of drug-likeness (QED) is 0.336. The molecule has 0 bridgehead atoms. The minimum absolute atomic E-state index is 0.0855. The molecule has 20 heavy (non-hydrogen) atoms. The number of rotatable bonds is 7. The van der Waals surface area contributed by atoms with Gasteiger partial charge in [0.05, 0.1) is 11.3 Å². The molecule has 1 aliphatic carbocycles. The maximum Gasteiger partial charge on any atom is 0.168 e. The number of carbonyl (C=O) groups excluding carboxylic acids is 1. The Morgan fingerprint density at radius 3 is 2.90 bits per heavy atom. The zero-order valence-electron chi connectivity index (χ0n) is 11.6. The lowest BCUT2D eigenvalue weighted by atomic mass is 9.83. The summed E-state index contributed by atoms with van der Waals surface area (Å²) < 4.78 is 0. The number of halogens is 1. The lowest BCUT2D eigenvalue weighted by Gasteiger charge is -2.22. The number of nitrogens with zero attached hydrogens (tertiary/aromatic N) is 1. The Bertz CT molecular complexity index is 452. The molecule has 0 aliphatic heterocycles. The van der Waals surface area contributed by atoms with Gasteiger partial charge in [0.1, 0.15) is 12.4 Å². The SMILES string of the molecule is C=CCC1CC(=O)C(/C(CC)=N\OC/C=C\Cl)=C(O)C1. The molecule has 0 aromatic rings. The second-order valence-electron chi connectivity index (χ2n) is 4.59. The lowest BCUT2D eigenvalue weighted by Crippen LogP contribution is -2.24. The number of Topliss-reactive ketones (excluding diaryl/α,β-unsaturated/α-hetero) is 1. The predicted octanol–water partition coefficient (Wildman–Crippen LogP) is 3.89. The molecule has 1 rings (SSSR count). The van der Waals surface area contributed by atoms with Gasteiger partial charge in [-0.1, -0.05) is 29.8 Å². The van der Waals surface area contributed by atoms with E-state index in [1.165, 1.54) is 5.54 Å². The highest BCUT2D eigenvalue weighted by molar-refractivity contribution is 6.25. The molecule has 0 aromatic carbocycles. The summed E-state index contributed by atoms with van der Waals surface area (Å²) in [7, 11) is 0. The highest BCUT2D eigenvalue weighted by Crippen LogP contribution is 2.29. The normalized spacial score (nSPS) is 20.6. The smallest absolute Gasteiger partial charge is 0.168 e. The molecule has 0 spiro atoms. The summed E-state index contributed by atoms with van der Waals surface area (Å²) in [6, 6.07) is 0. The van der Waals surface area contributed by atoms with Gasteiger partial charge in [0.15, 0.2) is 5.78 Å². The predicted molar refractivity (Wildman–Crippen MR) is 80.9 cm³/mol. The van der Waals surface area contributed by atoms with E-state index in [0.717, 1.165) is 6.42 Å². The van der Waals surface area contributed by atoms with Crippen molar-refractivity contribution in [2.45, 2.75) is 32.6 Å². The van der Waals surface area contributed by atoms with Gasteiger partial charge in [-0.25, -0.2) is 0 Å². The molecule has 1 aliphatic rings. The van der Waals surface area contributed by atoms with E-state index in [1.54, 1.807) is 12.2 Å². The minimum atomic E-state index is -0.0855. The van der Waals surface area contributed by atoms with E-state index in [0.29, 0.717) is 30.5 Å². The van der Waals surface area contributed by atoms with Crippen molar-refractivity contribution in [2.75, 3.05) is 6.61 Å². The molecule has 0 heterocycles. The average molecular weight is 298 g/mol. The van der Waals surface area contributed by atoms with E-state index in [2.05, 4.69) is 11.7 Å². The van der Waals surface area contributed by atoms with Crippen LogP contribution in [0.4, 0.5) is 0 Å². The van der Waals surface area contributed by atoms with Crippen LogP contribution in [0.5, 0.6) is 0 Å². The molecule has 110 valence electrons. The van der Waals surface area contributed by atoms with Crippen molar-refractivity contribution in [1.82, 2.24) is 0 Å². The summed E-state index contributed by atoms with van der Waals surface area (Å²) >= 11 is 5.37. The van der Waals surface area contributed by atoms with Gasteiger partial charge in [0, 0.05) is 18.4 Å². The van der Waals surface area contributed by atoms with Gasteiger partial charge in [-0.15, -0.1) is 6.58 Å². The first-order chi connectivity index (χ1) is 9.63. The maximum atomic E-state index is 12.2. The number of allylic oxidation sites excluding steroid dienone is 3. The molecule has 0 saturated heterocycles. The number of carbonyl (C=O) groups is 1. The first-order valence-corrected chi connectivity index (χ1v) is 7.08.